The topological polar surface area (TPSA) is 21.3 Å². The molecule has 0 amide bonds. The van der Waals surface area contributed by atoms with E-state index < -0.39 is 0 Å². The van der Waals surface area contributed by atoms with Crippen molar-refractivity contribution in [3.8, 4) is 0 Å². The van der Waals surface area contributed by atoms with Crippen LogP contribution in [0.1, 0.15) is 44.1 Å². The molecule has 3 heteroatoms. The zero-order valence-corrected chi connectivity index (χ0v) is 13.7. The molecule has 19 heavy (non-hydrogen) atoms. The van der Waals surface area contributed by atoms with Gasteiger partial charge < -0.3 is 10.1 Å². The van der Waals surface area contributed by atoms with Crippen molar-refractivity contribution in [2.45, 2.75) is 38.5 Å². The zero-order valence-electron chi connectivity index (χ0n) is 12.1. The van der Waals surface area contributed by atoms with Crippen molar-refractivity contribution in [3.63, 3.8) is 0 Å². The van der Waals surface area contributed by atoms with Gasteiger partial charge in [-0.15, -0.1) is 0 Å². The van der Waals surface area contributed by atoms with Gasteiger partial charge in [0.2, 0.25) is 0 Å². The Labute approximate surface area is 126 Å². The summed E-state index contributed by atoms with van der Waals surface area (Å²) in [6.45, 7) is 4.98. The summed E-state index contributed by atoms with van der Waals surface area (Å²) in [6, 6.07) is 8.58. The summed E-state index contributed by atoms with van der Waals surface area (Å²) in [4.78, 5) is 0. The van der Waals surface area contributed by atoms with Crippen LogP contribution in [-0.2, 0) is 4.74 Å². The average molecular weight is 328 g/mol. The molecule has 0 fully saturated rings. The van der Waals surface area contributed by atoms with Crippen LogP contribution in [0.3, 0.4) is 0 Å². The molecule has 1 aromatic carbocycles. The highest BCUT2D eigenvalue weighted by atomic mass is 79.9. The summed E-state index contributed by atoms with van der Waals surface area (Å²) in [5.41, 5.74) is 1.42. The van der Waals surface area contributed by atoms with Crippen LogP contribution in [0.4, 0.5) is 0 Å². The minimum atomic E-state index is 0.582. The van der Waals surface area contributed by atoms with Crippen LogP contribution in [0.15, 0.2) is 28.7 Å². The second kappa shape index (κ2) is 10.4. The normalized spacial score (nSPS) is 12.6. The van der Waals surface area contributed by atoms with E-state index in [4.69, 9.17) is 4.74 Å². The van der Waals surface area contributed by atoms with E-state index in [0.29, 0.717) is 5.92 Å². The first-order valence-electron chi connectivity index (χ1n) is 7.23. The first-order chi connectivity index (χ1) is 9.29. The monoisotopic (exact) mass is 327 g/mol. The Morgan fingerprint density at radius 2 is 2.05 bits per heavy atom. The number of methoxy groups -OCH3 is 1. The second-order valence-electron chi connectivity index (χ2n) is 4.91. The van der Waals surface area contributed by atoms with Gasteiger partial charge in [-0.3, -0.25) is 0 Å². The van der Waals surface area contributed by atoms with E-state index >= 15 is 0 Å². The zero-order chi connectivity index (χ0) is 13.9. The molecule has 0 spiro atoms. The lowest BCUT2D eigenvalue weighted by atomic mass is 9.93. The predicted octanol–water partition coefficient (Wildman–Crippen LogP) is 4.35. The number of hydrogen-bond acceptors (Lipinski definition) is 2. The average Bonchev–Trinajstić information content (AvgIpc) is 2.42. The maximum Gasteiger partial charge on any atom is 0.0587 e. The Bertz CT molecular complexity index is 343. The molecule has 0 aliphatic heterocycles. The van der Waals surface area contributed by atoms with Crippen LogP contribution in [0.2, 0.25) is 0 Å². The lowest BCUT2D eigenvalue weighted by molar-refractivity contribution is 0.198. The third-order valence-corrected chi connectivity index (χ3v) is 4.10. The molecular weight excluding hydrogens is 302 g/mol. The minimum absolute atomic E-state index is 0.582. The molecule has 0 heterocycles. The van der Waals surface area contributed by atoms with Gasteiger partial charge in [0.15, 0.2) is 0 Å². The highest BCUT2D eigenvalue weighted by molar-refractivity contribution is 9.10. The third-order valence-electron chi connectivity index (χ3n) is 3.37. The van der Waals surface area contributed by atoms with Gasteiger partial charge in [0.25, 0.3) is 0 Å². The van der Waals surface area contributed by atoms with Gasteiger partial charge in [0, 0.05) is 24.7 Å². The molecule has 1 N–H and O–H groups in total. The fourth-order valence-electron chi connectivity index (χ4n) is 2.26. The number of ether oxygens (including phenoxy) is 1. The van der Waals surface area contributed by atoms with E-state index in [1.807, 2.05) is 0 Å². The van der Waals surface area contributed by atoms with E-state index in [1.54, 1.807) is 7.11 Å². The van der Waals surface area contributed by atoms with Gasteiger partial charge in [-0.2, -0.15) is 0 Å². The molecule has 0 aliphatic carbocycles. The summed E-state index contributed by atoms with van der Waals surface area (Å²) in [5, 5.41) is 3.49. The van der Waals surface area contributed by atoms with Crippen LogP contribution in [0, 0.1) is 0 Å². The van der Waals surface area contributed by atoms with Crippen LogP contribution in [-0.4, -0.2) is 26.8 Å². The minimum Gasteiger partial charge on any atom is -0.383 e. The predicted molar refractivity (Wildman–Crippen MR) is 85.8 cm³/mol. The molecule has 1 rings (SSSR count). The van der Waals surface area contributed by atoms with Crippen molar-refractivity contribution >= 4 is 15.9 Å². The third kappa shape index (κ3) is 6.55. The largest absolute Gasteiger partial charge is 0.383 e. The highest BCUT2D eigenvalue weighted by Crippen LogP contribution is 2.28. The van der Waals surface area contributed by atoms with Crippen molar-refractivity contribution in [2.75, 3.05) is 26.8 Å². The van der Waals surface area contributed by atoms with E-state index in [-0.39, 0.29) is 0 Å². The second-order valence-corrected chi connectivity index (χ2v) is 5.77. The molecular formula is C16H26BrNO. The van der Waals surface area contributed by atoms with Crippen molar-refractivity contribution in [1.82, 2.24) is 5.32 Å². The SMILES string of the molecule is CCCCCC(CNCCOC)c1ccccc1Br. The van der Waals surface area contributed by atoms with E-state index in [2.05, 4.69) is 52.4 Å². The van der Waals surface area contributed by atoms with E-state index in [9.17, 15) is 0 Å². The quantitative estimate of drug-likeness (QED) is 0.645. The van der Waals surface area contributed by atoms with Crippen LogP contribution < -0.4 is 5.32 Å². The lowest BCUT2D eigenvalue weighted by Gasteiger charge is -2.19. The van der Waals surface area contributed by atoms with Gasteiger partial charge in [0.1, 0.15) is 0 Å². The van der Waals surface area contributed by atoms with Gasteiger partial charge in [0.05, 0.1) is 6.61 Å². The van der Waals surface area contributed by atoms with Gasteiger partial charge >= 0.3 is 0 Å². The summed E-state index contributed by atoms with van der Waals surface area (Å²) in [6.07, 6.45) is 5.14. The summed E-state index contributed by atoms with van der Waals surface area (Å²) in [5.74, 6) is 0.582. The molecule has 0 aliphatic rings. The molecule has 1 unspecified atom stereocenters. The fraction of sp³-hybridized carbons (Fsp3) is 0.625. The number of halogens is 1. The standard InChI is InChI=1S/C16H26BrNO/c1-3-4-5-8-14(13-18-11-12-19-2)15-9-6-7-10-16(15)17/h6-7,9-10,14,18H,3-5,8,11-13H2,1-2H3. The number of nitrogens with one attached hydrogen (secondary N) is 1. The summed E-state index contributed by atoms with van der Waals surface area (Å²) >= 11 is 3.68. The highest BCUT2D eigenvalue weighted by Gasteiger charge is 2.13. The van der Waals surface area contributed by atoms with Crippen LogP contribution in [0.25, 0.3) is 0 Å². The molecule has 0 saturated carbocycles. The van der Waals surface area contributed by atoms with Gasteiger partial charge in [-0.25, -0.2) is 0 Å². The molecule has 0 bridgehead atoms. The van der Waals surface area contributed by atoms with Gasteiger partial charge in [-0.1, -0.05) is 60.3 Å². The Balaban J connectivity index is 2.55. The molecule has 108 valence electrons. The smallest absolute Gasteiger partial charge is 0.0587 e. The Kier molecular flexibility index (Phi) is 9.14. The maximum absolute atomic E-state index is 5.08. The van der Waals surface area contributed by atoms with E-state index in [1.165, 1.54) is 35.7 Å². The van der Waals surface area contributed by atoms with Gasteiger partial charge in [-0.05, 0) is 24.0 Å². The molecule has 1 atom stereocenters. The first-order valence-corrected chi connectivity index (χ1v) is 8.03. The van der Waals surface area contributed by atoms with Crippen molar-refractivity contribution in [1.29, 1.82) is 0 Å². The summed E-state index contributed by atoms with van der Waals surface area (Å²) < 4.78 is 6.31. The molecule has 2 nitrogen and oxygen atoms in total. The Morgan fingerprint density at radius 3 is 2.74 bits per heavy atom. The molecule has 0 radical (unpaired) electrons. The Hall–Kier alpha value is -0.380. The molecule has 0 aromatic heterocycles. The van der Waals surface area contributed by atoms with Crippen LogP contribution in [0.5, 0.6) is 0 Å². The number of hydrogen-bond donors (Lipinski definition) is 1. The number of benzene rings is 1. The fourth-order valence-corrected chi connectivity index (χ4v) is 2.87. The maximum atomic E-state index is 5.08. The number of rotatable bonds is 10. The van der Waals surface area contributed by atoms with Crippen molar-refractivity contribution in [2.24, 2.45) is 0 Å². The Morgan fingerprint density at radius 1 is 1.26 bits per heavy atom. The van der Waals surface area contributed by atoms with Crippen molar-refractivity contribution in [3.05, 3.63) is 34.3 Å². The summed E-state index contributed by atoms with van der Waals surface area (Å²) in [7, 11) is 1.74. The first kappa shape index (κ1) is 16.7. The van der Waals surface area contributed by atoms with Crippen molar-refractivity contribution < 1.29 is 4.74 Å². The molecule has 1 aromatic rings. The lowest BCUT2D eigenvalue weighted by Crippen LogP contribution is -2.25. The molecule has 0 saturated heterocycles. The number of unbranched alkanes of at least 4 members (excludes halogenated alkanes) is 2. The van der Waals surface area contributed by atoms with Crippen LogP contribution >= 0.6 is 15.9 Å². The van der Waals surface area contributed by atoms with E-state index in [0.717, 1.165) is 19.7 Å².